The first-order valence-electron chi connectivity index (χ1n) is 7.01. The van der Waals surface area contributed by atoms with Crippen LogP contribution in [0.2, 0.25) is 0 Å². The summed E-state index contributed by atoms with van der Waals surface area (Å²) < 4.78 is 0. The highest BCUT2D eigenvalue weighted by Crippen LogP contribution is 2.22. The maximum absolute atomic E-state index is 10.7. The number of carboxylic acid groups (broad SMARTS) is 1. The highest BCUT2D eigenvalue weighted by Gasteiger charge is 2.15. The molecule has 1 aromatic carbocycles. The van der Waals surface area contributed by atoms with Crippen molar-refractivity contribution in [3.05, 3.63) is 35.4 Å². The maximum atomic E-state index is 10.7. The minimum absolute atomic E-state index is 0.197. The summed E-state index contributed by atoms with van der Waals surface area (Å²) in [6.07, 6.45) is 0.197. The molecule has 0 aliphatic rings. The van der Waals surface area contributed by atoms with Crippen molar-refractivity contribution < 1.29 is 9.90 Å². The molecular weight excluding hydrogens is 238 g/mol. The standard InChI is InChI=1S/C16H25NO2/c1-5-17(11-10-16(18)19)13(4)15-8-6-14(7-9-15)12(2)3/h6-9,12-13H,5,10-11H2,1-4H3,(H,18,19). The third-order valence-corrected chi connectivity index (χ3v) is 3.65. The molecule has 0 radical (unpaired) electrons. The number of benzene rings is 1. The van der Waals surface area contributed by atoms with Gasteiger partial charge in [0, 0.05) is 12.6 Å². The lowest BCUT2D eigenvalue weighted by molar-refractivity contribution is -0.137. The lowest BCUT2D eigenvalue weighted by atomic mass is 9.99. The predicted molar refractivity (Wildman–Crippen MR) is 78.4 cm³/mol. The van der Waals surface area contributed by atoms with E-state index in [4.69, 9.17) is 5.11 Å². The molecule has 0 fully saturated rings. The second-order valence-electron chi connectivity index (χ2n) is 5.27. The zero-order valence-corrected chi connectivity index (χ0v) is 12.4. The average molecular weight is 263 g/mol. The van der Waals surface area contributed by atoms with Crippen molar-refractivity contribution in [2.45, 2.75) is 46.1 Å². The van der Waals surface area contributed by atoms with Crippen molar-refractivity contribution in [1.29, 1.82) is 0 Å². The second kappa shape index (κ2) is 7.29. The molecule has 1 aromatic rings. The van der Waals surface area contributed by atoms with Gasteiger partial charge in [0.15, 0.2) is 0 Å². The Bertz CT molecular complexity index is 398. The molecule has 1 unspecified atom stereocenters. The molecule has 0 saturated heterocycles. The van der Waals surface area contributed by atoms with E-state index < -0.39 is 5.97 Å². The SMILES string of the molecule is CCN(CCC(=O)O)C(C)c1ccc(C(C)C)cc1. The molecule has 3 heteroatoms. The molecule has 0 aliphatic heterocycles. The van der Waals surface area contributed by atoms with Crippen molar-refractivity contribution in [1.82, 2.24) is 4.90 Å². The molecule has 0 spiro atoms. The minimum atomic E-state index is -0.735. The summed E-state index contributed by atoms with van der Waals surface area (Å²) in [6.45, 7) is 10.0. The Labute approximate surface area is 116 Å². The average Bonchev–Trinajstić information content (AvgIpc) is 2.39. The Hall–Kier alpha value is -1.35. The van der Waals surface area contributed by atoms with Gasteiger partial charge in [0.1, 0.15) is 0 Å². The molecule has 1 atom stereocenters. The first kappa shape index (κ1) is 15.7. The Morgan fingerprint density at radius 1 is 1.16 bits per heavy atom. The van der Waals surface area contributed by atoms with Gasteiger partial charge in [0.05, 0.1) is 6.42 Å². The van der Waals surface area contributed by atoms with Gasteiger partial charge in [-0.3, -0.25) is 9.69 Å². The smallest absolute Gasteiger partial charge is 0.304 e. The number of aliphatic carboxylic acids is 1. The number of nitrogens with zero attached hydrogens (tertiary/aromatic N) is 1. The van der Waals surface area contributed by atoms with E-state index in [9.17, 15) is 4.79 Å². The van der Waals surface area contributed by atoms with Crippen LogP contribution in [-0.4, -0.2) is 29.1 Å². The van der Waals surface area contributed by atoms with Crippen LogP contribution in [0, 0.1) is 0 Å². The van der Waals surface area contributed by atoms with Gasteiger partial charge in [-0.25, -0.2) is 0 Å². The normalized spacial score (nSPS) is 12.9. The molecule has 0 aliphatic carbocycles. The maximum Gasteiger partial charge on any atom is 0.304 e. The van der Waals surface area contributed by atoms with Gasteiger partial charge in [0.25, 0.3) is 0 Å². The number of carbonyl (C=O) groups is 1. The van der Waals surface area contributed by atoms with Crippen molar-refractivity contribution >= 4 is 5.97 Å². The van der Waals surface area contributed by atoms with Gasteiger partial charge in [-0.05, 0) is 30.5 Å². The molecule has 0 aromatic heterocycles. The van der Waals surface area contributed by atoms with E-state index in [1.807, 2.05) is 0 Å². The van der Waals surface area contributed by atoms with E-state index >= 15 is 0 Å². The van der Waals surface area contributed by atoms with Crippen molar-refractivity contribution in [2.75, 3.05) is 13.1 Å². The third-order valence-electron chi connectivity index (χ3n) is 3.65. The fraction of sp³-hybridized carbons (Fsp3) is 0.562. The van der Waals surface area contributed by atoms with Gasteiger partial charge in [-0.1, -0.05) is 45.0 Å². The lowest BCUT2D eigenvalue weighted by Crippen LogP contribution is -2.29. The van der Waals surface area contributed by atoms with Gasteiger partial charge < -0.3 is 5.11 Å². The topological polar surface area (TPSA) is 40.5 Å². The van der Waals surface area contributed by atoms with Crippen molar-refractivity contribution in [2.24, 2.45) is 0 Å². The van der Waals surface area contributed by atoms with Crippen LogP contribution in [0.15, 0.2) is 24.3 Å². The summed E-state index contributed by atoms with van der Waals surface area (Å²) in [5.74, 6) is -0.195. The minimum Gasteiger partial charge on any atom is -0.481 e. The Kier molecular flexibility index (Phi) is 6.03. The molecule has 0 heterocycles. The molecule has 0 amide bonds. The largest absolute Gasteiger partial charge is 0.481 e. The number of rotatable bonds is 7. The summed E-state index contributed by atoms with van der Waals surface area (Å²) in [4.78, 5) is 12.9. The summed E-state index contributed by atoms with van der Waals surface area (Å²) >= 11 is 0. The molecule has 0 saturated carbocycles. The molecular formula is C16H25NO2. The van der Waals surface area contributed by atoms with E-state index in [1.165, 1.54) is 11.1 Å². The first-order chi connectivity index (χ1) is 8.95. The van der Waals surface area contributed by atoms with E-state index in [1.54, 1.807) is 0 Å². The van der Waals surface area contributed by atoms with Gasteiger partial charge in [0.2, 0.25) is 0 Å². The molecule has 1 rings (SSSR count). The molecule has 1 N–H and O–H groups in total. The van der Waals surface area contributed by atoms with E-state index in [0.29, 0.717) is 12.5 Å². The number of hydrogen-bond acceptors (Lipinski definition) is 2. The lowest BCUT2D eigenvalue weighted by Gasteiger charge is -2.27. The first-order valence-corrected chi connectivity index (χ1v) is 7.01. The second-order valence-corrected chi connectivity index (χ2v) is 5.27. The van der Waals surface area contributed by atoms with E-state index in [0.717, 1.165) is 6.54 Å². The Morgan fingerprint density at radius 2 is 1.68 bits per heavy atom. The Morgan fingerprint density at radius 3 is 2.11 bits per heavy atom. The van der Waals surface area contributed by atoms with Crippen LogP contribution in [0.5, 0.6) is 0 Å². The summed E-state index contributed by atoms with van der Waals surface area (Å²) in [5.41, 5.74) is 2.58. The zero-order chi connectivity index (χ0) is 14.4. The molecule has 3 nitrogen and oxygen atoms in total. The predicted octanol–water partition coefficient (Wildman–Crippen LogP) is 3.67. The zero-order valence-electron chi connectivity index (χ0n) is 12.4. The highest BCUT2D eigenvalue weighted by atomic mass is 16.4. The fourth-order valence-electron chi connectivity index (χ4n) is 2.24. The van der Waals surface area contributed by atoms with Crippen LogP contribution < -0.4 is 0 Å². The van der Waals surface area contributed by atoms with Crippen LogP contribution in [0.3, 0.4) is 0 Å². The summed E-state index contributed by atoms with van der Waals surface area (Å²) in [7, 11) is 0. The number of carboxylic acids is 1. The number of hydrogen-bond donors (Lipinski definition) is 1. The van der Waals surface area contributed by atoms with Gasteiger partial charge in [-0.15, -0.1) is 0 Å². The quantitative estimate of drug-likeness (QED) is 0.816. The highest BCUT2D eigenvalue weighted by molar-refractivity contribution is 5.66. The van der Waals surface area contributed by atoms with Gasteiger partial charge >= 0.3 is 5.97 Å². The van der Waals surface area contributed by atoms with Crippen LogP contribution in [0.1, 0.15) is 57.2 Å². The van der Waals surface area contributed by atoms with Crippen molar-refractivity contribution in [3.8, 4) is 0 Å². The third kappa shape index (κ3) is 4.67. The van der Waals surface area contributed by atoms with Gasteiger partial charge in [-0.2, -0.15) is 0 Å². The van der Waals surface area contributed by atoms with Crippen LogP contribution in [0.25, 0.3) is 0 Å². The van der Waals surface area contributed by atoms with Crippen LogP contribution in [0.4, 0.5) is 0 Å². The van der Waals surface area contributed by atoms with E-state index in [2.05, 4.69) is 56.9 Å². The fourth-order valence-corrected chi connectivity index (χ4v) is 2.24. The Balaban J connectivity index is 2.73. The summed E-state index contributed by atoms with van der Waals surface area (Å²) in [6, 6.07) is 8.90. The molecule has 106 valence electrons. The summed E-state index contributed by atoms with van der Waals surface area (Å²) in [5, 5.41) is 8.78. The molecule has 19 heavy (non-hydrogen) atoms. The van der Waals surface area contributed by atoms with Crippen LogP contribution >= 0.6 is 0 Å². The van der Waals surface area contributed by atoms with E-state index in [-0.39, 0.29) is 12.5 Å². The monoisotopic (exact) mass is 263 g/mol. The van der Waals surface area contributed by atoms with Crippen molar-refractivity contribution in [3.63, 3.8) is 0 Å². The molecule has 0 bridgehead atoms. The van der Waals surface area contributed by atoms with Crippen LogP contribution in [-0.2, 0) is 4.79 Å².